The molecule has 3 aromatic rings. The van der Waals surface area contributed by atoms with Gasteiger partial charge in [0.25, 0.3) is 0 Å². The van der Waals surface area contributed by atoms with Crippen molar-refractivity contribution in [1.29, 1.82) is 0 Å². The van der Waals surface area contributed by atoms with Gasteiger partial charge in [0.1, 0.15) is 11.1 Å². The molecule has 5 nitrogen and oxygen atoms in total. The molecule has 0 atom stereocenters. The Morgan fingerprint density at radius 3 is 2.62 bits per heavy atom. The smallest absolute Gasteiger partial charge is 0.341 e. The number of ether oxygens (including phenoxy) is 1. The van der Waals surface area contributed by atoms with Crippen LogP contribution >= 0.6 is 11.6 Å². The molecule has 24 heavy (non-hydrogen) atoms. The first kappa shape index (κ1) is 16.5. The Balaban J connectivity index is 2.34. The number of nitrogens with zero attached hydrogens (tertiary/aromatic N) is 3. The highest BCUT2D eigenvalue weighted by Crippen LogP contribution is 2.33. The number of benzene rings is 1. The lowest BCUT2D eigenvalue weighted by atomic mass is 10.1. The predicted molar refractivity (Wildman–Crippen MR) is 94.3 cm³/mol. The lowest BCUT2D eigenvalue weighted by Gasteiger charge is -2.13. The van der Waals surface area contributed by atoms with E-state index in [9.17, 15) is 4.79 Å². The van der Waals surface area contributed by atoms with E-state index >= 15 is 0 Å². The molecule has 0 aliphatic rings. The third kappa shape index (κ3) is 2.76. The van der Waals surface area contributed by atoms with Gasteiger partial charge in [-0.3, -0.25) is 4.98 Å². The van der Waals surface area contributed by atoms with Crippen molar-refractivity contribution in [3.63, 3.8) is 0 Å². The van der Waals surface area contributed by atoms with E-state index < -0.39 is 5.97 Å². The largest absolute Gasteiger partial charge is 0.462 e. The second kappa shape index (κ2) is 6.61. The standard InChI is InChI=1S/C18H18ClN3O2/c1-4-24-17(23)13-10-20-14(12-8-6-5-7-9-12)15-16(13)22(11(2)3)18(19)21-15/h5-11H,4H2,1-3H3. The zero-order chi connectivity index (χ0) is 17.3. The maximum atomic E-state index is 12.3. The molecule has 0 saturated heterocycles. The van der Waals surface area contributed by atoms with Crippen molar-refractivity contribution in [2.45, 2.75) is 26.8 Å². The maximum Gasteiger partial charge on any atom is 0.341 e. The first-order valence-corrected chi connectivity index (χ1v) is 8.21. The summed E-state index contributed by atoms with van der Waals surface area (Å²) in [6, 6.07) is 9.75. The van der Waals surface area contributed by atoms with Gasteiger partial charge in [-0.15, -0.1) is 0 Å². The summed E-state index contributed by atoms with van der Waals surface area (Å²) in [5.41, 5.74) is 3.25. The number of aromatic nitrogens is 3. The summed E-state index contributed by atoms with van der Waals surface area (Å²) in [4.78, 5) is 21.3. The van der Waals surface area contributed by atoms with Gasteiger partial charge in [-0.25, -0.2) is 9.78 Å². The number of hydrogen-bond donors (Lipinski definition) is 0. The zero-order valence-electron chi connectivity index (χ0n) is 13.8. The first-order chi connectivity index (χ1) is 11.5. The minimum absolute atomic E-state index is 0.0432. The van der Waals surface area contributed by atoms with Gasteiger partial charge in [0.05, 0.1) is 17.8 Å². The van der Waals surface area contributed by atoms with Crippen LogP contribution in [0.2, 0.25) is 5.28 Å². The first-order valence-electron chi connectivity index (χ1n) is 7.83. The lowest BCUT2D eigenvalue weighted by molar-refractivity contribution is 0.0527. The molecule has 0 fully saturated rings. The van der Waals surface area contributed by atoms with E-state index in [1.54, 1.807) is 13.1 Å². The van der Waals surface area contributed by atoms with E-state index in [1.165, 1.54) is 0 Å². The van der Waals surface area contributed by atoms with Crippen molar-refractivity contribution in [1.82, 2.24) is 14.5 Å². The lowest BCUT2D eigenvalue weighted by Crippen LogP contribution is -2.10. The number of carbonyl (C=O) groups excluding carboxylic acids is 1. The maximum absolute atomic E-state index is 12.3. The Hall–Kier alpha value is -2.40. The van der Waals surface area contributed by atoms with Crippen LogP contribution < -0.4 is 0 Å². The van der Waals surface area contributed by atoms with E-state index in [0.29, 0.717) is 34.2 Å². The summed E-state index contributed by atoms with van der Waals surface area (Å²) < 4.78 is 6.99. The number of carbonyl (C=O) groups is 1. The van der Waals surface area contributed by atoms with Crippen LogP contribution in [0, 0.1) is 0 Å². The van der Waals surface area contributed by atoms with Crippen LogP contribution in [0.4, 0.5) is 0 Å². The highest BCUT2D eigenvalue weighted by molar-refractivity contribution is 6.29. The third-order valence-electron chi connectivity index (χ3n) is 3.73. The van der Waals surface area contributed by atoms with Crippen LogP contribution in [-0.2, 0) is 4.74 Å². The second-order valence-electron chi connectivity index (χ2n) is 5.65. The normalized spacial score (nSPS) is 11.2. The van der Waals surface area contributed by atoms with Gasteiger partial charge in [-0.2, -0.15) is 0 Å². The van der Waals surface area contributed by atoms with Crippen LogP contribution in [-0.4, -0.2) is 27.1 Å². The van der Waals surface area contributed by atoms with Crippen molar-refractivity contribution in [2.24, 2.45) is 0 Å². The van der Waals surface area contributed by atoms with Crippen LogP contribution in [0.1, 0.15) is 37.2 Å². The van der Waals surface area contributed by atoms with Crippen LogP contribution in [0.3, 0.4) is 0 Å². The highest BCUT2D eigenvalue weighted by atomic mass is 35.5. The summed E-state index contributed by atoms with van der Waals surface area (Å²) in [6.45, 7) is 6.05. The molecule has 0 aliphatic carbocycles. The van der Waals surface area contributed by atoms with E-state index in [4.69, 9.17) is 16.3 Å². The van der Waals surface area contributed by atoms with Gasteiger partial charge in [-0.05, 0) is 32.4 Å². The fourth-order valence-electron chi connectivity index (χ4n) is 2.72. The van der Waals surface area contributed by atoms with Gasteiger partial charge in [0.2, 0.25) is 5.28 Å². The van der Waals surface area contributed by atoms with E-state index in [-0.39, 0.29) is 6.04 Å². The Bertz CT molecular complexity index is 888. The number of esters is 1. The summed E-state index contributed by atoms with van der Waals surface area (Å²) in [7, 11) is 0. The fourth-order valence-corrected chi connectivity index (χ4v) is 3.08. The highest BCUT2D eigenvalue weighted by Gasteiger charge is 2.23. The van der Waals surface area contributed by atoms with E-state index in [2.05, 4.69) is 9.97 Å². The molecule has 0 radical (unpaired) electrons. The molecule has 2 aromatic heterocycles. The van der Waals surface area contributed by atoms with Gasteiger partial charge >= 0.3 is 5.97 Å². The van der Waals surface area contributed by atoms with Gasteiger partial charge in [-0.1, -0.05) is 30.3 Å². The second-order valence-corrected chi connectivity index (χ2v) is 5.99. The van der Waals surface area contributed by atoms with Crippen molar-refractivity contribution in [3.05, 3.63) is 47.4 Å². The molecule has 0 unspecified atom stereocenters. The van der Waals surface area contributed by atoms with Crippen molar-refractivity contribution in [2.75, 3.05) is 6.61 Å². The summed E-state index contributed by atoms with van der Waals surface area (Å²) in [5, 5.41) is 0.329. The van der Waals surface area contributed by atoms with Crippen LogP contribution in [0.25, 0.3) is 22.3 Å². The Kier molecular flexibility index (Phi) is 4.53. The van der Waals surface area contributed by atoms with Crippen molar-refractivity contribution >= 4 is 28.6 Å². The molecule has 0 amide bonds. The zero-order valence-corrected chi connectivity index (χ0v) is 14.5. The molecule has 3 rings (SSSR count). The molecular weight excluding hydrogens is 326 g/mol. The Labute approximate surface area is 145 Å². The molecule has 0 saturated carbocycles. The fraction of sp³-hybridized carbons (Fsp3) is 0.278. The van der Waals surface area contributed by atoms with E-state index in [1.807, 2.05) is 48.7 Å². The summed E-state index contributed by atoms with van der Waals surface area (Å²) in [5.74, 6) is -0.423. The quantitative estimate of drug-likeness (QED) is 0.654. The molecule has 2 heterocycles. The monoisotopic (exact) mass is 343 g/mol. The minimum atomic E-state index is -0.423. The number of fused-ring (bicyclic) bond motifs is 1. The molecule has 0 bridgehead atoms. The average molecular weight is 344 g/mol. The molecular formula is C18H18ClN3O2. The van der Waals surface area contributed by atoms with Crippen LogP contribution in [0.15, 0.2) is 36.5 Å². The van der Waals surface area contributed by atoms with E-state index in [0.717, 1.165) is 5.56 Å². The molecule has 1 aromatic carbocycles. The Morgan fingerprint density at radius 1 is 1.29 bits per heavy atom. The molecule has 0 aliphatic heterocycles. The number of hydrogen-bond acceptors (Lipinski definition) is 4. The summed E-state index contributed by atoms with van der Waals surface area (Å²) in [6.07, 6.45) is 1.54. The SMILES string of the molecule is CCOC(=O)c1cnc(-c2ccccc2)c2nc(Cl)n(C(C)C)c12. The van der Waals surface area contributed by atoms with Gasteiger partial charge in [0.15, 0.2) is 0 Å². The van der Waals surface area contributed by atoms with Crippen LogP contribution in [0.5, 0.6) is 0 Å². The number of halogens is 1. The number of pyridine rings is 1. The molecule has 0 spiro atoms. The molecule has 124 valence electrons. The topological polar surface area (TPSA) is 57.0 Å². The Morgan fingerprint density at radius 2 is 2.00 bits per heavy atom. The number of rotatable bonds is 4. The van der Waals surface area contributed by atoms with Crippen molar-refractivity contribution in [3.8, 4) is 11.3 Å². The number of imidazole rings is 1. The molecule has 6 heteroatoms. The van der Waals surface area contributed by atoms with Gasteiger partial charge in [0, 0.05) is 17.8 Å². The molecule has 0 N–H and O–H groups in total. The third-order valence-corrected chi connectivity index (χ3v) is 4.00. The van der Waals surface area contributed by atoms with Gasteiger partial charge < -0.3 is 9.30 Å². The average Bonchev–Trinajstić information content (AvgIpc) is 2.91. The van der Waals surface area contributed by atoms with Crippen molar-refractivity contribution < 1.29 is 9.53 Å². The predicted octanol–water partition coefficient (Wildman–Crippen LogP) is 4.51. The minimum Gasteiger partial charge on any atom is -0.462 e. The summed E-state index contributed by atoms with van der Waals surface area (Å²) >= 11 is 6.35.